The summed E-state index contributed by atoms with van der Waals surface area (Å²) in [5.41, 5.74) is 0.378. The van der Waals surface area contributed by atoms with Crippen LogP contribution in [0.4, 0.5) is 4.79 Å². The summed E-state index contributed by atoms with van der Waals surface area (Å²) in [4.78, 5) is 36.1. The number of carbonyl (C=O) groups is 3. The average molecular weight is 514 g/mol. The largest absolute Gasteiger partial charge is 0.464 e. The van der Waals surface area contributed by atoms with Crippen LogP contribution in [0.1, 0.15) is 86.3 Å². The first-order valence-electron chi connectivity index (χ1n) is 12.7. The Kier molecular flexibility index (Phi) is 27.9. The van der Waals surface area contributed by atoms with Crippen molar-refractivity contribution in [1.82, 2.24) is 5.32 Å². The summed E-state index contributed by atoms with van der Waals surface area (Å²) in [5, 5.41) is 20.3. The van der Waals surface area contributed by atoms with Gasteiger partial charge < -0.3 is 29.7 Å². The molecule has 0 bridgehead atoms. The molecule has 1 unspecified atom stereocenters. The third-order valence-corrected chi connectivity index (χ3v) is 3.90. The molecule has 0 aromatic heterocycles. The molecule has 208 valence electrons. The van der Waals surface area contributed by atoms with Gasteiger partial charge in [0.25, 0.3) is 0 Å². The highest BCUT2D eigenvalue weighted by Crippen LogP contribution is 2.20. The predicted octanol–water partition coefficient (Wildman–Crippen LogP) is 5.10. The van der Waals surface area contributed by atoms with Crippen LogP contribution in [0.2, 0.25) is 0 Å². The lowest BCUT2D eigenvalue weighted by Gasteiger charge is -2.19. The number of ether oxygens (including phenoxy) is 3. The molecule has 9 nitrogen and oxygen atoms in total. The lowest BCUT2D eigenvalue weighted by atomic mass is 10.1. The maximum atomic E-state index is 12.3. The molecule has 0 aliphatic rings. The molecule has 0 aliphatic carbocycles. The highest BCUT2D eigenvalue weighted by molar-refractivity contribution is 5.83. The van der Waals surface area contributed by atoms with Gasteiger partial charge in [-0.1, -0.05) is 65.8 Å². The molecule has 1 amide bonds. The molecule has 1 aromatic carbocycles. The molecule has 0 saturated heterocycles. The maximum Gasteiger partial charge on any atom is 0.408 e. The number of unbranched alkanes of at least 4 members (excludes halogenated alkanes) is 1. The zero-order chi connectivity index (χ0) is 28.4. The minimum absolute atomic E-state index is 0.102. The Balaban J connectivity index is -0.00000168. The Morgan fingerprint density at radius 3 is 2.00 bits per heavy atom. The Morgan fingerprint density at radius 2 is 1.53 bits per heavy atom. The smallest absolute Gasteiger partial charge is 0.408 e. The van der Waals surface area contributed by atoms with E-state index in [0.717, 1.165) is 6.42 Å². The number of alkyl carbamates (subject to hydrolysis) is 1. The fourth-order valence-electron chi connectivity index (χ4n) is 2.38. The lowest BCUT2D eigenvalue weighted by molar-refractivity contribution is -0.145. The topological polar surface area (TPSA) is 131 Å². The molecule has 0 saturated carbocycles. The Morgan fingerprint density at radius 1 is 0.972 bits per heavy atom. The van der Waals surface area contributed by atoms with Gasteiger partial charge >= 0.3 is 18.0 Å². The molecular weight excluding hydrogens is 466 g/mol. The van der Waals surface area contributed by atoms with Crippen molar-refractivity contribution < 1.29 is 38.8 Å². The van der Waals surface area contributed by atoms with E-state index < -0.39 is 37.4 Å². The summed E-state index contributed by atoms with van der Waals surface area (Å²) in [6, 6.07) is 4.85. The Labute approximate surface area is 216 Å². The van der Waals surface area contributed by atoms with Crippen molar-refractivity contribution in [3.05, 3.63) is 42.0 Å². The van der Waals surface area contributed by atoms with Crippen molar-refractivity contribution in [2.24, 2.45) is 0 Å². The van der Waals surface area contributed by atoms with E-state index in [1.165, 1.54) is 24.3 Å². The van der Waals surface area contributed by atoms with E-state index in [9.17, 15) is 14.4 Å². The first kappa shape index (κ1) is 37.6. The van der Waals surface area contributed by atoms with Gasteiger partial charge in [-0.3, -0.25) is 4.79 Å². The number of rotatable bonds is 12. The number of aliphatic hydroxyl groups excluding tert-OH is 2. The molecule has 0 heterocycles. The highest BCUT2D eigenvalue weighted by Gasteiger charge is 2.26. The first-order valence-corrected chi connectivity index (χ1v) is 12.7. The maximum absolute atomic E-state index is 12.3. The second-order valence-electron chi connectivity index (χ2n) is 6.23. The van der Waals surface area contributed by atoms with Crippen LogP contribution in [0.15, 0.2) is 36.4 Å². The van der Waals surface area contributed by atoms with Crippen molar-refractivity contribution in [2.75, 3.05) is 19.8 Å². The van der Waals surface area contributed by atoms with Crippen molar-refractivity contribution in [3.8, 4) is 5.75 Å². The molecule has 0 aliphatic heterocycles. The minimum atomic E-state index is -1.18. The van der Waals surface area contributed by atoms with Crippen LogP contribution < -0.4 is 10.1 Å². The van der Waals surface area contributed by atoms with E-state index in [4.69, 9.17) is 24.4 Å². The summed E-state index contributed by atoms with van der Waals surface area (Å²) < 4.78 is 15.1. The molecule has 36 heavy (non-hydrogen) atoms. The van der Waals surface area contributed by atoms with Crippen molar-refractivity contribution >= 4 is 18.0 Å². The van der Waals surface area contributed by atoms with E-state index >= 15 is 0 Å². The molecule has 1 rings (SSSR count). The monoisotopic (exact) mass is 513 g/mol. The van der Waals surface area contributed by atoms with E-state index in [2.05, 4.69) is 5.32 Å². The molecule has 0 radical (unpaired) electrons. The fourth-order valence-corrected chi connectivity index (χ4v) is 2.38. The van der Waals surface area contributed by atoms with Crippen LogP contribution in [0.25, 0.3) is 0 Å². The van der Waals surface area contributed by atoms with E-state index in [1.807, 2.05) is 60.6 Å². The number of carbonyl (C=O) groups excluding carboxylic acids is 3. The van der Waals surface area contributed by atoms with Crippen LogP contribution in [-0.2, 0) is 19.1 Å². The summed E-state index contributed by atoms with van der Waals surface area (Å²) >= 11 is 0. The van der Waals surface area contributed by atoms with Gasteiger partial charge in [-0.05, 0) is 44.4 Å². The minimum Gasteiger partial charge on any atom is -0.464 e. The summed E-state index contributed by atoms with van der Waals surface area (Å²) in [6.07, 6.45) is 3.53. The second-order valence-corrected chi connectivity index (χ2v) is 6.23. The first-order chi connectivity index (χ1) is 17.4. The molecule has 1 aromatic rings. The quantitative estimate of drug-likeness (QED) is 0.152. The van der Waals surface area contributed by atoms with Gasteiger partial charge in [0.1, 0.15) is 11.9 Å². The van der Waals surface area contributed by atoms with Gasteiger partial charge in [0.05, 0.1) is 19.8 Å². The van der Waals surface area contributed by atoms with Crippen LogP contribution in [0, 0.1) is 0 Å². The summed E-state index contributed by atoms with van der Waals surface area (Å²) in [5.74, 6) is -0.775. The molecule has 1 atom stereocenters. The average Bonchev–Trinajstić information content (AvgIpc) is 2.92. The highest BCUT2D eigenvalue weighted by atomic mass is 16.6. The number of nitrogens with one attached hydrogen (secondary N) is 1. The van der Waals surface area contributed by atoms with Crippen LogP contribution >= 0.6 is 0 Å². The Bertz CT molecular complexity index is 700. The van der Waals surface area contributed by atoms with Crippen molar-refractivity contribution in [2.45, 2.75) is 86.8 Å². The molecule has 9 heteroatoms. The lowest BCUT2D eigenvalue weighted by Crippen LogP contribution is -2.38. The number of hydrogen-bond acceptors (Lipinski definition) is 8. The third kappa shape index (κ3) is 17.5. The van der Waals surface area contributed by atoms with E-state index in [-0.39, 0.29) is 19.0 Å². The molecule has 3 N–H and O–H groups in total. The predicted molar refractivity (Wildman–Crippen MR) is 142 cm³/mol. The van der Waals surface area contributed by atoms with Crippen LogP contribution in [0.5, 0.6) is 5.75 Å². The number of allylic oxidation sites excluding steroid dienone is 2. The number of esters is 2. The molecule has 0 spiro atoms. The van der Waals surface area contributed by atoms with Crippen molar-refractivity contribution in [3.63, 3.8) is 0 Å². The van der Waals surface area contributed by atoms with E-state index in [1.54, 1.807) is 6.92 Å². The second kappa shape index (κ2) is 26.7. The Hall–Kier alpha value is -2.91. The van der Waals surface area contributed by atoms with Gasteiger partial charge in [0.15, 0.2) is 6.04 Å². The van der Waals surface area contributed by atoms with Crippen LogP contribution in [-0.4, -0.2) is 54.2 Å². The SMILES string of the molecule is C/C=C\CCCC(=O)Oc1ccc(C(NC(=O)OC(CO)CO)C(=O)OCC)cc1.CC.CC.CC. The fraction of sp³-hybridized carbons (Fsp3) is 0.593. The van der Waals surface area contributed by atoms with Gasteiger partial charge in [-0.25, -0.2) is 9.59 Å². The van der Waals surface area contributed by atoms with Gasteiger partial charge in [0.2, 0.25) is 0 Å². The van der Waals surface area contributed by atoms with E-state index in [0.29, 0.717) is 17.7 Å². The number of aliphatic hydroxyl groups is 2. The number of amides is 1. The number of hydrogen-bond donors (Lipinski definition) is 3. The van der Waals surface area contributed by atoms with Gasteiger partial charge in [-0.2, -0.15) is 0 Å². The molecular formula is C27H47NO8. The summed E-state index contributed by atoms with van der Waals surface area (Å²) in [6.45, 7) is 14.5. The standard InChI is InChI=1S/C21H29NO8.3C2H6/c1-3-5-6-7-8-18(25)29-16-11-9-15(10-12-16)19(20(26)28-4-2)22-21(27)30-17(13-23)14-24;3*1-2/h3,5,9-12,17,19,23-24H,4,6-8,13-14H2,1-2H3,(H,22,27);3*1-2H3/b5-3-;;;. The van der Waals surface area contributed by atoms with Gasteiger partial charge in [0, 0.05) is 6.42 Å². The zero-order valence-corrected chi connectivity index (χ0v) is 23.2. The molecule has 0 fully saturated rings. The summed E-state index contributed by atoms with van der Waals surface area (Å²) in [7, 11) is 0. The third-order valence-electron chi connectivity index (χ3n) is 3.90. The normalized spacial score (nSPS) is 10.4. The van der Waals surface area contributed by atoms with Crippen molar-refractivity contribution in [1.29, 1.82) is 0 Å². The van der Waals surface area contributed by atoms with Gasteiger partial charge in [-0.15, -0.1) is 0 Å². The zero-order valence-electron chi connectivity index (χ0n) is 23.2. The number of benzene rings is 1. The van der Waals surface area contributed by atoms with Crippen LogP contribution in [0.3, 0.4) is 0 Å².